The summed E-state index contributed by atoms with van der Waals surface area (Å²) in [5, 5.41) is 0. The fraction of sp³-hybridized carbons (Fsp3) is 0.536. The van der Waals surface area contributed by atoms with E-state index in [1.54, 1.807) is 57.2 Å². The number of ether oxygens (including phenoxy) is 1. The maximum absolute atomic E-state index is 13.4. The molecule has 1 aromatic carbocycles. The van der Waals surface area contributed by atoms with Gasteiger partial charge in [-0.2, -0.15) is 4.31 Å². The van der Waals surface area contributed by atoms with E-state index in [4.69, 9.17) is 4.74 Å². The van der Waals surface area contributed by atoms with Crippen molar-refractivity contribution in [3.63, 3.8) is 0 Å². The van der Waals surface area contributed by atoms with Crippen LogP contribution < -0.4 is 9.64 Å². The summed E-state index contributed by atoms with van der Waals surface area (Å²) in [7, 11) is 0.799. The Morgan fingerprint density at radius 1 is 1.08 bits per heavy atom. The van der Waals surface area contributed by atoms with Crippen molar-refractivity contribution in [2.75, 3.05) is 45.7 Å². The first kappa shape index (κ1) is 29.6. The number of hydrogen-bond acceptors (Lipinski definition) is 7. The Labute approximate surface area is 226 Å². The number of rotatable bonds is 11. The normalized spacial score (nSPS) is 15.4. The molecule has 1 unspecified atom stereocenters. The number of nitrogens with zero attached hydrogens (tertiary/aromatic N) is 4. The molecule has 0 radical (unpaired) electrons. The van der Waals surface area contributed by atoms with E-state index in [-0.39, 0.29) is 29.4 Å². The quantitative estimate of drug-likeness (QED) is 0.427. The van der Waals surface area contributed by atoms with Crippen LogP contribution in [0, 0.1) is 19.8 Å². The van der Waals surface area contributed by atoms with Crippen LogP contribution in [0.25, 0.3) is 0 Å². The first-order valence-electron chi connectivity index (χ1n) is 13.0. The molecule has 9 nitrogen and oxygen atoms in total. The molecule has 0 spiro atoms. The van der Waals surface area contributed by atoms with Gasteiger partial charge in [-0.05, 0) is 74.9 Å². The van der Waals surface area contributed by atoms with E-state index in [0.717, 1.165) is 30.2 Å². The fourth-order valence-corrected chi connectivity index (χ4v) is 6.79. The van der Waals surface area contributed by atoms with E-state index in [0.29, 0.717) is 29.3 Å². The highest BCUT2D eigenvalue weighted by Gasteiger charge is 2.32. The lowest BCUT2D eigenvalue weighted by molar-refractivity contribution is -0.133. The number of carbonyl (C=O) groups excluding carboxylic acids is 2. The highest BCUT2D eigenvalue weighted by molar-refractivity contribution is 7.89. The molecule has 38 heavy (non-hydrogen) atoms. The third-order valence-electron chi connectivity index (χ3n) is 7.50. The van der Waals surface area contributed by atoms with Gasteiger partial charge in [-0.3, -0.25) is 14.6 Å². The van der Waals surface area contributed by atoms with Crippen molar-refractivity contribution in [3.8, 4) is 5.75 Å². The molecule has 1 aliphatic rings. The molecule has 1 aliphatic heterocycles. The number of methoxy groups -OCH3 is 1. The number of ketones is 1. The van der Waals surface area contributed by atoms with Crippen LogP contribution in [0.15, 0.2) is 41.6 Å². The minimum atomic E-state index is -3.91. The van der Waals surface area contributed by atoms with Gasteiger partial charge in [0.25, 0.3) is 0 Å². The van der Waals surface area contributed by atoms with Crippen molar-refractivity contribution in [3.05, 3.63) is 47.8 Å². The van der Waals surface area contributed by atoms with E-state index in [1.807, 2.05) is 12.1 Å². The first-order valence-corrected chi connectivity index (χ1v) is 14.4. The van der Waals surface area contributed by atoms with Gasteiger partial charge >= 0.3 is 0 Å². The molecule has 1 amide bonds. The zero-order chi connectivity index (χ0) is 28.0. The molecule has 3 rings (SSSR count). The van der Waals surface area contributed by atoms with Gasteiger partial charge in [0.2, 0.25) is 15.9 Å². The maximum Gasteiger partial charge on any atom is 0.243 e. The molecule has 10 heteroatoms. The van der Waals surface area contributed by atoms with Gasteiger partial charge < -0.3 is 14.5 Å². The Balaban J connectivity index is 1.51. The number of likely N-dealkylation sites (N-methyl/N-ethyl adjacent to an activating group) is 1. The maximum atomic E-state index is 13.4. The molecular formula is C28H40N4O5S. The number of carbonyl (C=O) groups is 2. The molecule has 0 aliphatic carbocycles. The number of anilines is 1. The summed E-state index contributed by atoms with van der Waals surface area (Å²) in [6.07, 6.45) is 5.62. The number of sulfonamides is 1. The van der Waals surface area contributed by atoms with Crippen LogP contribution in [0.5, 0.6) is 5.75 Å². The summed E-state index contributed by atoms with van der Waals surface area (Å²) in [6.45, 7) is 7.50. The number of benzene rings is 1. The number of hydrogen-bond donors (Lipinski definition) is 0. The standard InChI is InChI=1S/C28H40N4O5S/c1-20-17-25(37-6)18-21(2)28(20)38(35,36)31(5)22(3)26(33)7-8-27(34)30(4)19-23-11-15-32(16-12-23)24-9-13-29-14-10-24/h9-10,13-14,17-18,22-23H,7-8,11-12,15-16,19H2,1-6H3. The summed E-state index contributed by atoms with van der Waals surface area (Å²) in [6, 6.07) is 6.46. The average molecular weight is 545 g/mol. The second-order valence-corrected chi connectivity index (χ2v) is 12.1. The molecule has 1 saturated heterocycles. The lowest BCUT2D eigenvalue weighted by atomic mass is 9.95. The molecule has 0 N–H and O–H groups in total. The molecule has 1 fully saturated rings. The highest BCUT2D eigenvalue weighted by atomic mass is 32.2. The predicted octanol–water partition coefficient (Wildman–Crippen LogP) is 3.44. The van der Waals surface area contributed by atoms with Crippen LogP contribution in [0.4, 0.5) is 5.69 Å². The Bertz CT molecular complexity index is 1200. The van der Waals surface area contributed by atoms with Gasteiger partial charge in [0.1, 0.15) is 5.75 Å². The Morgan fingerprint density at radius 2 is 1.66 bits per heavy atom. The minimum Gasteiger partial charge on any atom is -0.497 e. The minimum absolute atomic E-state index is 0.00867. The molecule has 1 aromatic heterocycles. The number of aromatic nitrogens is 1. The Hall–Kier alpha value is -2.98. The Morgan fingerprint density at radius 3 is 2.21 bits per heavy atom. The van der Waals surface area contributed by atoms with Crippen molar-refractivity contribution in [2.24, 2.45) is 5.92 Å². The van der Waals surface area contributed by atoms with Gasteiger partial charge in [-0.25, -0.2) is 8.42 Å². The molecule has 208 valence electrons. The van der Waals surface area contributed by atoms with Crippen molar-refractivity contribution >= 4 is 27.4 Å². The number of aryl methyl sites for hydroxylation is 2. The van der Waals surface area contributed by atoms with Crippen LogP contribution in [-0.2, 0) is 19.6 Å². The van der Waals surface area contributed by atoms with Gasteiger partial charge in [0, 0.05) is 64.7 Å². The van der Waals surface area contributed by atoms with E-state index >= 15 is 0 Å². The van der Waals surface area contributed by atoms with E-state index in [9.17, 15) is 18.0 Å². The smallest absolute Gasteiger partial charge is 0.243 e. The van der Waals surface area contributed by atoms with Crippen molar-refractivity contribution in [2.45, 2.75) is 57.4 Å². The van der Waals surface area contributed by atoms with Gasteiger partial charge in [0.15, 0.2) is 5.78 Å². The van der Waals surface area contributed by atoms with E-state index in [2.05, 4.69) is 9.88 Å². The highest BCUT2D eigenvalue weighted by Crippen LogP contribution is 2.29. The summed E-state index contributed by atoms with van der Waals surface area (Å²) >= 11 is 0. The third-order valence-corrected chi connectivity index (χ3v) is 9.74. The summed E-state index contributed by atoms with van der Waals surface area (Å²) in [5.74, 6) is 0.596. The SMILES string of the molecule is COc1cc(C)c(S(=O)(=O)N(C)C(C)C(=O)CCC(=O)N(C)CC2CCN(c3ccncc3)CC2)c(C)c1. The number of amides is 1. The fourth-order valence-electron chi connectivity index (χ4n) is 5.04. The predicted molar refractivity (Wildman–Crippen MR) is 148 cm³/mol. The number of Topliss-reactive ketones (excluding diaryl/α,β-unsaturated/α-hetero) is 1. The molecule has 2 aromatic rings. The topological polar surface area (TPSA) is 100 Å². The lowest BCUT2D eigenvalue weighted by Gasteiger charge is -2.35. The number of pyridine rings is 1. The summed E-state index contributed by atoms with van der Waals surface area (Å²) in [4.78, 5) is 34.0. The van der Waals surface area contributed by atoms with Crippen molar-refractivity contribution < 1.29 is 22.7 Å². The van der Waals surface area contributed by atoms with Gasteiger partial charge in [-0.15, -0.1) is 0 Å². The van der Waals surface area contributed by atoms with Crippen LogP contribution in [0.3, 0.4) is 0 Å². The zero-order valence-electron chi connectivity index (χ0n) is 23.3. The van der Waals surface area contributed by atoms with E-state index < -0.39 is 16.1 Å². The number of piperidine rings is 1. The van der Waals surface area contributed by atoms with Crippen LogP contribution in [-0.4, -0.2) is 81.2 Å². The van der Waals surface area contributed by atoms with Crippen molar-refractivity contribution in [1.29, 1.82) is 0 Å². The van der Waals surface area contributed by atoms with Crippen LogP contribution in [0.1, 0.15) is 43.7 Å². The molecule has 1 atom stereocenters. The third kappa shape index (κ3) is 6.91. The molecule has 0 saturated carbocycles. The van der Waals surface area contributed by atoms with Gasteiger partial charge in [-0.1, -0.05) is 0 Å². The summed E-state index contributed by atoms with van der Waals surface area (Å²) < 4.78 is 33.0. The van der Waals surface area contributed by atoms with Crippen LogP contribution >= 0.6 is 0 Å². The Kier molecular flexibility index (Phi) is 9.89. The first-order chi connectivity index (χ1) is 17.9. The van der Waals surface area contributed by atoms with Crippen LogP contribution in [0.2, 0.25) is 0 Å². The average Bonchev–Trinajstić information content (AvgIpc) is 2.90. The molecular weight excluding hydrogens is 504 g/mol. The van der Waals surface area contributed by atoms with E-state index in [1.165, 1.54) is 19.8 Å². The second-order valence-electron chi connectivity index (χ2n) is 10.2. The second kappa shape index (κ2) is 12.7. The zero-order valence-corrected chi connectivity index (χ0v) is 24.1. The van der Waals surface area contributed by atoms with Crippen molar-refractivity contribution in [1.82, 2.24) is 14.2 Å². The monoisotopic (exact) mass is 544 g/mol. The summed E-state index contributed by atoms with van der Waals surface area (Å²) in [5.41, 5.74) is 2.27. The lowest BCUT2D eigenvalue weighted by Crippen LogP contribution is -2.41. The largest absolute Gasteiger partial charge is 0.497 e. The molecule has 0 bridgehead atoms. The molecule has 2 heterocycles. The van der Waals surface area contributed by atoms with Gasteiger partial charge in [0.05, 0.1) is 18.0 Å².